The van der Waals surface area contributed by atoms with E-state index in [1.54, 1.807) is 14.3 Å². The van der Waals surface area contributed by atoms with Gasteiger partial charge in [-0.3, -0.25) is 0 Å². The number of rotatable bonds is 7. The number of hydrogen-bond donors (Lipinski definition) is 0. The number of hydrogen-bond acceptors (Lipinski definition) is 0. The topological polar surface area (TPSA) is 0 Å². The molecule has 4 heteroatoms. The molecular weight excluding hydrogens is 752 g/mol. The Bertz CT molecular complexity index is 1990. The maximum absolute atomic E-state index is 3.02. The molecule has 0 atom stereocenters. The molecule has 0 aliphatic heterocycles. The molecule has 0 radical (unpaired) electrons. The van der Waals surface area contributed by atoms with Crippen molar-refractivity contribution in [3.8, 4) is 11.1 Å². The van der Waals surface area contributed by atoms with E-state index in [4.69, 9.17) is 0 Å². The van der Waals surface area contributed by atoms with Crippen LogP contribution >= 0.6 is 0 Å². The van der Waals surface area contributed by atoms with Gasteiger partial charge in [0.15, 0.2) is 0 Å². The van der Waals surface area contributed by atoms with Crippen LogP contribution in [0.3, 0.4) is 0 Å². The van der Waals surface area contributed by atoms with Gasteiger partial charge in [-0.25, -0.2) is 0 Å². The van der Waals surface area contributed by atoms with Crippen molar-refractivity contribution in [1.82, 2.24) is 0 Å². The fourth-order valence-electron chi connectivity index (χ4n) is 8.84. The summed E-state index contributed by atoms with van der Waals surface area (Å²) >= 11 is -3.02. The SMILES string of the molecule is CC(C)(C)c1ccc2c(c1)[CH]([Zr]([C]1=C([Si](C)(C)C)C([Si](C)(C)C)=C([Si](C)(C)C)C1)=[C](c1ccccc1)c1ccccc1)c1cc(C(C)(C)C)ccc1-2. The van der Waals surface area contributed by atoms with Crippen LogP contribution in [0.4, 0.5) is 0 Å². The first-order valence-corrected chi connectivity index (χ1v) is 34.0. The summed E-state index contributed by atoms with van der Waals surface area (Å²) in [6.07, 6.45) is 1.21. The summed E-state index contributed by atoms with van der Waals surface area (Å²) in [5, 5.41) is 5.68. The van der Waals surface area contributed by atoms with Crippen molar-refractivity contribution < 1.29 is 21.3 Å². The maximum atomic E-state index is 2.67. The normalized spacial score (nSPS) is 15.7. The molecule has 4 aromatic carbocycles. The molecule has 272 valence electrons. The average Bonchev–Trinajstić information content (AvgIpc) is 3.61. The van der Waals surface area contributed by atoms with Gasteiger partial charge < -0.3 is 0 Å². The summed E-state index contributed by atoms with van der Waals surface area (Å²) in [5.74, 6) is 0. The molecule has 0 amide bonds. The Balaban J connectivity index is 1.88. The van der Waals surface area contributed by atoms with E-state index in [9.17, 15) is 0 Å². The van der Waals surface area contributed by atoms with Crippen LogP contribution in [-0.2, 0) is 32.1 Å². The first-order chi connectivity index (χ1) is 24.0. The summed E-state index contributed by atoms with van der Waals surface area (Å²) in [6.45, 7) is 38.2. The predicted octanol–water partition coefficient (Wildman–Crippen LogP) is 13.8. The molecule has 0 heterocycles. The Morgan fingerprint density at radius 3 is 1.27 bits per heavy atom. The number of allylic oxidation sites excluding steroid dienone is 4. The summed E-state index contributed by atoms with van der Waals surface area (Å²) < 4.78 is 4.02. The fraction of sp³-hybridized carbons (Fsp3) is 0.396. The van der Waals surface area contributed by atoms with Crippen LogP contribution < -0.4 is 0 Å². The van der Waals surface area contributed by atoms with Gasteiger partial charge in [-0.15, -0.1) is 0 Å². The summed E-state index contributed by atoms with van der Waals surface area (Å²) in [5.41, 5.74) is 12.1. The van der Waals surface area contributed by atoms with Crippen LogP contribution in [0.5, 0.6) is 0 Å². The molecule has 0 fully saturated rings. The Hall–Kier alpha value is -2.24. The molecule has 0 nitrogen and oxygen atoms in total. The Morgan fingerprint density at radius 1 is 0.519 bits per heavy atom. The second kappa shape index (κ2) is 13.8. The molecule has 0 saturated heterocycles. The molecule has 0 aromatic heterocycles. The van der Waals surface area contributed by atoms with Crippen LogP contribution in [0.15, 0.2) is 116 Å². The quantitative estimate of drug-likeness (QED) is 0.163. The average molecular weight is 817 g/mol. The van der Waals surface area contributed by atoms with E-state index in [1.807, 2.05) is 18.9 Å². The molecule has 0 bridgehead atoms. The second-order valence-electron chi connectivity index (χ2n) is 20.7. The Labute approximate surface area is 328 Å². The van der Waals surface area contributed by atoms with Crippen molar-refractivity contribution in [1.29, 1.82) is 0 Å². The van der Waals surface area contributed by atoms with E-state index in [2.05, 4.69) is 198 Å². The van der Waals surface area contributed by atoms with Crippen molar-refractivity contribution in [2.45, 2.75) is 121 Å². The number of benzene rings is 4. The van der Waals surface area contributed by atoms with Crippen molar-refractivity contribution in [3.05, 3.63) is 149 Å². The van der Waals surface area contributed by atoms with Gasteiger partial charge in [-0.2, -0.15) is 0 Å². The van der Waals surface area contributed by atoms with Crippen molar-refractivity contribution in [3.63, 3.8) is 0 Å². The zero-order chi connectivity index (χ0) is 38.2. The van der Waals surface area contributed by atoms with Crippen LogP contribution in [0.1, 0.15) is 85.0 Å². The third-order valence-corrected chi connectivity index (χ3v) is 27.2. The second-order valence-corrected chi connectivity index (χ2v) is 42.0. The van der Waals surface area contributed by atoms with Gasteiger partial charge in [0.2, 0.25) is 0 Å². The first kappa shape index (κ1) is 39.5. The van der Waals surface area contributed by atoms with Gasteiger partial charge >= 0.3 is 330 Å². The van der Waals surface area contributed by atoms with E-state index in [0.717, 1.165) is 0 Å². The molecule has 6 rings (SSSR count). The first-order valence-electron chi connectivity index (χ1n) is 19.6. The van der Waals surface area contributed by atoms with Gasteiger partial charge in [0.1, 0.15) is 0 Å². The van der Waals surface area contributed by atoms with Crippen LogP contribution in [-0.4, -0.2) is 27.4 Å². The molecule has 0 saturated carbocycles. The third-order valence-electron chi connectivity index (χ3n) is 11.4. The fourth-order valence-corrected chi connectivity index (χ4v) is 32.4. The zero-order valence-corrected chi connectivity index (χ0v) is 40.5. The molecule has 0 spiro atoms. The van der Waals surface area contributed by atoms with Crippen molar-refractivity contribution >= 4 is 27.4 Å². The van der Waals surface area contributed by atoms with Crippen molar-refractivity contribution in [2.24, 2.45) is 0 Å². The molecular formula is C48H64Si3Zr. The van der Waals surface area contributed by atoms with Gasteiger partial charge in [0.05, 0.1) is 0 Å². The van der Waals surface area contributed by atoms with E-state index in [-0.39, 0.29) is 10.8 Å². The van der Waals surface area contributed by atoms with Crippen LogP contribution in [0.25, 0.3) is 11.1 Å². The molecule has 4 aromatic rings. The third kappa shape index (κ3) is 7.53. The van der Waals surface area contributed by atoms with E-state index < -0.39 is 45.5 Å². The Morgan fingerprint density at radius 2 is 0.923 bits per heavy atom. The van der Waals surface area contributed by atoms with Gasteiger partial charge in [-0.1, -0.05) is 0 Å². The summed E-state index contributed by atoms with van der Waals surface area (Å²) in [7, 11) is -5.11. The van der Waals surface area contributed by atoms with Crippen LogP contribution in [0, 0.1) is 0 Å². The summed E-state index contributed by atoms with van der Waals surface area (Å²) in [4.78, 5) is 0. The number of fused-ring (bicyclic) bond motifs is 3. The Kier molecular flexibility index (Phi) is 10.5. The van der Waals surface area contributed by atoms with E-state index in [0.29, 0.717) is 3.63 Å². The van der Waals surface area contributed by atoms with Gasteiger partial charge in [-0.05, 0) is 0 Å². The molecule has 0 N–H and O–H groups in total. The minimum atomic E-state index is -3.02. The predicted molar refractivity (Wildman–Crippen MR) is 236 cm³/mol. The standard InChI is InChI=1S/C21H25.C14H29Si3.C13H10.Zr/c1-20(2,3)16-7-9-18-14(12-16)11-15-13-17(21(4,5)6)8-10-19(15)18;1-15(2,3)12-10-11-13(16(4,5)6)14(12)17(7,8)9;1-3-7-12(8-4-1)11-13-9-5-2-6-10-13;/h7-13H,1-6H3;10H2,1-9H3;1-10H;. The van der Waals surface area contributed by atoms with Crippen molar-refractivity contribution in [2.75, 3.05) is 0 Å². The molecule has 2 aliphatic carbocycles. The monoisotopic (exact) mass is 814 g/mol. The molecule has 2 aliphatic rings. The van der Waals surface area contributed by atoms with Gasteiger partial charge in [0, 0.05) is 0 Å². The minimum absolute atomic E-state index is 0.0769. The van der Waals surface area contributed by atoms with Crippen LogP contribution in [0.2, 0.25) is 58.9 Å². The molecule has 52 heavy (non-hydrogen) atoms. The van der Waals surface area contributed by atoms with Gasteiger partial charge in [0.25, 0.3) is 0 Å². The van der Waals surface area contributed by atoms with E-state index >= 15 is 0 Å². The molecule has 0 unspecified atom stereocenters. The summed E-state index contributed by atoms with van der Waals surface area (Å²) in [6, 6.07) is 38.5. The van der Waals surface area contributed by atoms with E-state index in [1.165, 1.54) is 39.8 Å². The zero-order valence-electron chi connectivity index (χ0n) is 35.0.